The number of rotatable bonds is 6. The third-order valence-corrected chi connectivity index (χ3v) is 4.25. The standard InChI is InChI=1S/C19H20FNO2/c20-18-9-5-4-8-15(18)12-21(16-10-11-16)19(23)17(13-22)14-6-2-1-3-7-14/h1-9,16-17,22H,10-13H2. The van der Waals surface area contributed by atoms with Crippen molar-refractivity contribution in [3.63, 3.8) is 0 Å². The van der Waals surface area contributed by atoms with Gasteiger partial charge in [-0.3, -0.25) is 4.79 Å². The Morgan fingerprint density at radius 2 is 1.78 bits per heavy atom. The first-order valence-electron chi connectivity index (χ1n) is 7.90. The van der Waals surface area contributed by atoms with E-state index in [9.17, 15) is 14.3 Å². The SMILES string of the molecule is O=C(C(CO)c1ccccc1)N(Cc1ccccc1F)C1CC1. The summed E-state index contributed by atoms with van der Waals surface area (Å²) in [4.78, 5) is 14.6. The summed E-state index contributed by atoms with van der Waals surface area (Å²) >= 11 is 0. The van der Waals surface area contributed by atoms with Gasteiger partial charge in [0.2, 0.25) is 5.91 Å². The molecular weight excluding hydrogens is 293 g/mol. The van der Waals surface area contributed by atoms with E-state index in [1.54, 1.807) is 23.1 Å². The number of amides is 1. The van der Waals surface area contributed by atoms with Gasteiger partial charge in [0.25, 0.3) is 0 Å². The highest BCUT2D eigenvalue weighted by molar-refractivity contribution is 5.84. The zero-order valence-corrected chi connectivity index (χ0v) is 12.9. The molecule has 1 amide bonds. The summed E-state index contributed by atoms with van der Waals surface area (Å²) in [5, 5.41) is 9.70. The van der Waals surface area contributed by atoms with Crippen molar-refractivity contribution in [3.05, 3.63) is 71.5 Å². The van der Waals surface area contributed by atoms with Gasteiger partial charge in [-0.05, 0) is 24.5 Å². The minimum atomic E-state index is -0.594. The summed E-state index contributed by atoms with van der Waals surface area (Å²) in [5.41, 5.74) is 1.30. The van der Waals surface area contributed by atoms with Crippen LogP contribution in [0.25, 0.3) is 0 Å². The lowest BCUT2D eigenvalue weighted by Gasteiger charge is -2.27. The lowest BCUT2D eigenvalue weighted by molar-refractivity contribution is -0.135. The normalized spacial score (nSPS) is 15.2. The predicted octanol–water partition coefficient (Wildman–Crippen LogP) is 3.09. The van der Waals surface area contributed by atoms with Crippen LogP contribution in [0.5, 0.6) is 0 Å². The highest BCUT2D eigenvalue weighted by Crippen LogP contribution is 2.32. The fraction of sp³-hybridized carbons (Fsp3) is 0.316. The number of hydrogen-bond donors (Lipinski definition) is 1. The zero-order chi connectivity index (χ0) is 16.2. The number of carbonyl (C=O) groups excluding carboxylic acids is 1. The molecule has 1 aliphatic rings. The maximum Gasteiger partial charge on any atom is 0.233 e. The molecule has 0 saturated heterocycles. The lowest BCUT2D eigenvalue weighted by Crippen LogP contribution is -2.38. The van der Waals surface area contributed by atoms with Gasteiger partial charge < -0.3 is 10.0 Å². The monoisotopic (exact) mass is 313 g/mol. The van der Waals surface area contributed by atoms with Crippen molar-refractivity contribution in [3.8, 4) is 0 Å². The molecule has 0 spiro atoms. The third kappa shape index (κ3) is 3.59. The minimum absolute atomic E-state index is 0.135. The first-order chi connectivity index (χ1) is 11.2. The van der Waals surface area contributed by atoms with E-state index in [0.717, 1.165) is 18.4 Å². The number of halogens is 1. The highest BCUT2D eigenvalue weighted by Gasteiger charge is 2.36. The molecule has 1 aliphatic carbocycles. The number of hydrogen-bond acceptors (Lipinski definition) is 2. The molecule has 1 N–H and O–H groups in total. The van der Waals surface area contributed by atoms with E-state index >= 15 is 0 Å². The summed E-state index contributed by atoms with van der Waals surface area (Å²) in [6.07, 6.45) is 1.88. The maximum absolute atomic E-state index is 13.9. The average Bonchev–Trinajstić information content (AvgIpc) is 3.40. The van der Waals surface area contributed by atoms with E-state index in [0.29, 0.717) is 5.56 Å². The summed E-state index contributed by atoms with van der Waals surface area (Å²) in [6, 6.07) is 15.9. The van der Waals surface area contributed by atoms with Crippen LogP contribution in [0, 0.1) is 5.82 Å². The fourth-order valence-corrected chi connectivity index (χ4v) is 2.79. The van der Waals surface area contributed by atoms with Crippen LogP contribution in [0.1, 0.15) is 29.9 Å². The second-order valence-electron chi connectivity index (χ2n) is 5.93. The number of aliphatic hydroxyl groups excluding tert-OH is 1. The summed E-state index contributed by atoms with van der Waals surface area (Å²) in [7, 11) is 0. The molecule has 3 nitrogen and oxygen atoms in total. The van der Waals surface area contributed by atoms with Gasteiger partial charge in [0.15, 0.2) is 0 Å². The topological polar surface area (TPSA) is 40.5 Å². The van der Waals surface area contributed by atoms with E-state index in [1.807, 2.05) is 30.3 Å². The second kappa shape index (κ2) is 6.92. The van der Waals surface area contributed by atoms with E-state index < -0.39 is 5.92 Å². The van der Waals surface area contributed by atoms with Crippen molar-refractivity contribution in [1.82, 2.24) is 4.90 Å². The lowest BCUT2D eigenvalue weighted by atomic mass is 9.98. The average molecular weight is 313 g/mol. The first-order valence-corrected chi connectivity index (χ1v) is 7.90. The van der Waals surface area contributed by atoms with Gasteiger partial charge in [0, 0.05) is 18.2 Å². The Kier molecular flexibility index (Phi) is 4.72. The molecule has 0 aliphatic heterocycles. The second-order valence-corrected chi connectivity index (χ2v) is 5.93. The van der Waals surface area contributed by atoms with Crippen molar-refractivity contribution in [2.24, 2.45) is 0 Å². The quantitative estimate of drug-likeness (QED) is 0.890. The summed E-state index contributed by atoms with van der Waals surface area (Å²) < 4.78 is 13.9. The minimum Gasteiger partial charge on any atom is -0.395 e. The molecule has 4 heteroatoms. The number of benzene rings is 2. The van der Waals surface area contributed by atoms with E-state index in [-0.39, 0.29) is 30.9 Å². The van der Waals surface area contributed by atoms with Crippen molar-refractivity contribution in [2.75, 3.05) is 6.61 Å². The Hall–Kier alpha value is -2.20. The maximum atomic E-state index is 13.9. The molecule has 1 unspecified atom stereocenters. The summed E-state index contributed by atoms with van der Waals surface area (Å²) in [5.74, 6) is -1.03. The van der Waals surface area contributed by atoms with Crippen LogP contribution in [0.15, 0.2) is 54.6 Å². The van der Waals surface area contributed by atoms with E-state index in [1.165, 1.54) is 6.07 Å². The molecule has 0 aromatic heterocycles. The van der Waals surface area contributed by atoms with Crippen LogP contribution < -0.4 is 0 Å². The Labute approximate surface area is 135 Å². The van der Waals surface area contributed by atoms with Crippen LogP contribution >= 0.6 is 0 Å². The van der Waals surface area contributed by atoms with Crippen molar-refractivity contribution in [2.45, 2.75) is 31.3 Å². The van der Waals surface area contributed by atoms with Gasteiger partial charge in [-0.15, -0.1) is 0 Å². The Bertz CT molecular complexity index is 670. The molecule has 23 heavy (non-hydrogen) atoms. The molecule has 1 atom stereocenters. The van der Waals surface area contributed by atoms with Gasteiger partial charge in [-0.2, -0.15) is 0 Å². The largest absolute Gasteiger partial charge is 0.395 e. The number of nitrogens with zero attached hydrogens (tertiary/aromatic N) is 1. The van der Waals surface area contributed by atoms with Crippen molar-refractivity contribution in [1.29, 1.82) is 0 Å². The van der Waals surface area contributed by atoms with Gasteiger partial charge >= 0.3 is 0 Å². The molecule has 3 rings (SSSR count). The van der Waals surface area contributed by atoms with E-state index in [2.05, 4.69) is 0 Å². The molecule has 2 aromatic carbocycles. The third-order valence-electron chi connectivity index (χ3n) is 4.25. The molecule has 0 radical (unpaired) electrons. The number of aliphatic hydroxyl groups is 1. The van der Waals surface area contributed by atoms with Crippen LogP contribution in [-0.4, -0.2) is 28.6 Å². The van der Waals surface area contributed by atoms with Gasteiger partial charge in [0.1, 0.15) is 5.82 Å². The van der Waals surface area contributed by atoms with Crippen molar-refractivity contribution < 1.29 is 14.3 Å². The summed E-state index contributed by atoms with van der Waals surface area (Å²) in [6.45, 7) is 0.00282. The molecule has 0 bridgehead atoms. The van der Waals surface area contributed by atoms with Gasteiger partial charge in [-0.1, -0.05) is 48.5 Å². The Morgan fingerprint density at radius 1 is 1.13 bits per heavy atom. The molecule has 120 valence electrons. The molecular formula is C19H20FNO2. The molecule has 1 saturated carbocycles. The highest BCUT2D eigenvalue weighted by atomic mass is 19.1. The molecule has 2 aromatic rings. The van der Waals surface area contributed by atoms with Crippen molar-refractivity contribution >= 4 is 5.91 Å². The van der Waals surface area contributed by atoms with Crippen LogP contribution in [-0.2, 0) is 11.3 Å². The first kappa shape index (κ1) is 15.7. The van der Waals surface area contributed by atoms with Crippen LogP contribution in [0.3, 0.4) is 0 Å². The smallest absolute Gasteiger partial charge is 0.233 e. The fourth-order valence-electron chi connectivity index (χ4n) is 2.79. The number of carbonyl (C=O) groups is 1. The van der Waals surface area contributed by atoms with Crippen LogP contribution in [0.2, 0.25) is 0 Å². The zero-order valence-electron chi connectivity index (χ0n) is 12.9. The van der Waals surface area contributed by atoms with Gasteiger partial charge in [0.05, 0.1) is 12.5 Å². The van der Waals surface area contributed by atoms with Gasteiger partial charge in [-0.25, -0.2) is 4.39 Å². The molecule has 1 fully saturated rings. The Morgan fingerprint density at radius 3 is 2.39 bits per heavy atom. The predicted molar refractivity (Wildman–Crippen MR) is 86.2 cm³/mol. The molecule has 0 heterocycles. The van der Waals surface area contributed by atoms with E-state index in [4.69, 9.17) is 0 Å². The Balaban J connectivity index is 1.83. The van der Waals surface area contributed by atoms with Crippen LogP contribution in [0.4, 0.5) is 4.39 Å².